The molecule has 0 atom stereocenters. The van der Waals surface area contributed by atoms with Crippen molar-refractivity contribution in [3.8, 4) is 5.69 Å². The van der Waals surface area contributed by atoms with Crippen LogP contribution in [0.15, 0.2) is 41.6 Å². The third kappa shape index (κ3) is 4.79. The molecule has 0 radical (unpaired) electrons. The molecule has 3 heterocycles. The summed E-state index contributed by atoms with van der Waals surface area (Å²) in [7, 11) is 0. The Morgan fingerprint density at radius 1 is 1.10 bits per heavy atom. The molecule has 152 valence electrons. The van der Waals surface area contributed by atoms with E-state index in [2.05, 4.69) is 31.8 Å². The van der Waals surface area contributed by atoms with E-state index in [9.17, 15) is 4.79 Å². The van der Waals surface area contributed by atoms with E-state index in [0.29, 0.717) is 5.75 Å². The zero-order valence-corrected chi connectivity index (χ0v) is 18.6. The summed E-state index contributed by atoms with van der Waals surface area (Å²) in [6.45, 7) is 7.07. The van der Waals surface area contributed by atoms with Crippen molar-refractivity contribution in [1.29, 1.82) is 0 Å². The number of ketones is 1. The molecule has 0 spiro atoms. The molecular formula is C22H26N4OS2. The normalized spacial score (nSPS) is 15.0. The lowest BCUT2D eigenvalue weighted by Crippen LogP contribution is -2.30. The van der Waals surface area contributed by atoms with E-state index in [4.69, 9.17) is 0 Å². The molecule has 29 heavy (non-hydrogen) atoms. The fourth-order valence-electron chi connectivity index (χ4n) is 3.77. The van der Waals surface area contributed by atoms with E-state index in [-0.39, 0.29) is 5.78 Å². The average molecular weight is 427 g/mol. The molecule has 7 heteroatoms. The van der Waals surface area contributed by atoms with E-state index in [1.54, 1.807) is 11.3 Å². The number of hydrogen-bond acceptors (Lipinski definition) is 6. The average Bonchev–Trinajstić information content (AvgIpc) is 3.29. The molecule has 0 saturated carbocycles. The molecule has 5 nitrogen and oxygen atoms in total. The Morgan fingerprint density at radius 2 is 1.86 bits per heavy atom. The molecule has 0 bridgehead atoms. The van der Waals surface area contributed by atoms with Crippen LogP contribution in [0.25, 0.3) is 5.69 Å². The summed E-state index contributed by atoms with van der Waals surface area (Å²) < 4.78 is 2.11. The minimum atomic E-state index is 0.150. The van der Waals surface area contributed by atoms with Gasteiger partial charge in [0.25, 0.3) is 0 Å². The van der Waals surface area contributed by atoms with Gasteiger partial charge in [-0.2, -0.15) is 0 Å². The van der Waals surface area contributed by atoms with Crippen molar-refractivity contribution in [2.75, 3.05) is 18.8 Å². The fraction of sp³-hybridized carbons (Fsp3) is 0.409. The van der Waals surface area contributed by atoms with Gasteiger partial charge in [0.1, 0.15) is 0 Å². The largest absolute Gasteiger partial charge is 0.296 e. The number of rotatable bonds is 7. The number of carbonyl (C=O) groups excluding carboxylic acids is 1. The molecule has 3 aromatic rings. The molecule has 0 unspecified atom stereocenters. The van der Waals surface area contributed by atoms with Gasteiger partial charge in [-0.15, -0.1) is 21.5 Å². The lowest BCUT2D eigenvalue weighted by molar-refractivity contribution is 0.102. The van der Waals surface area contributed by atoms with Gasteiger partial charge in [0, 0.05) is 21.0 Å². The first-order valence-electron chi connectivity index (χ1n) is 10.1. The van der Waals surface area contributed by atoms with Gasteiger partial charge in [-0.05, 0) is 58.0 Å². The number of benzene rings is 1. The van der Waals surface area contributed by atoms with Crippen molar-refractivity contribution in [2.24, 2.45) is 0 Å². The maximum Gasteiger partial charge on any atom is 0.196 e. The number of Topliss-reactive ketones (excluding diaryl/α,β-unsaturated/α-hetero) is 1. The van der Waals surface area contributed by atoms with Crippen LogP contribution in [0.3, 0.4) is 0 Å². The van der Waals surface area contributed by atoms with Crippen molar-refractivity contribution in [1.82, 2.24) is 19.7 Å². The molecule has 0 amide bonds. The van der Waals surface area contributed by atoms with Crippen molar-refractivity contribution in [2.45, 2.75) is 44.8 Å². The second-order valence-electron chi connectivity index (χ2n) is 7.45. The van der Waals surface area contributed by atoms with Gasteiger partial charge in [-0.1, -0.05) is 36.4 Å². The van der Waals surface area contributed by atoms with Gasteiger partial charge in [0.15, 0.2) is 16.8 Å². The maximum absolute atomic E-state index is 12.7. The number of nitrogens with zero attached hydrogens (tertiary/aromatic N) is 4. The lowest BCUT2D eigenvalue weighted by Gasteiger charge is -2.26. The highest BCUT2D eigenvalue weighted by Gasteiger charge is 2.20. The van der Waals surface area contributed by atoms with Crippen LogP contribution in [-0.4, -0.2) is 44.3 Å². The molecule has 1 aromatic carbocycles. The number of likely N-dealkylation sites (tertiary alicyclic amines) is 1. The number of thioether (sulfide) groups is 1. The van der Waals surface area contributed by atoms with Crippen LogP contribution in [0.2, 0.25) is 0 Å². The summed E-state index contributed by atoms with van der Waals surface area (Å²) in [6.07, 6.45) is 3.80. The topological polar surface area (TPSA) is 51.0 Å². The predicted molar refractivity (Wildman–Crippen MR) is 119 cm³/mol. The van der Waals surface area contributed by atoms with Crippen LogP contribution in [0, 0.1) is 13.8 Å². The fourth-order valence-corrected chi connectivity index (χ4v) is 5.56. The Labute approximate surface area is 180 Å². The Hall–Kier alpha value is -1.96. The van der Waals surface area contributed by atoms with Crippen molar-refractivity contribution >= 4 is 28.9 Å². The number of carbonyl (C=O) groups is 1. The van der Waals surface area contributed by atoms with Gasteiger partial charge in [0.2, 0.25) is 0 Å². The Bertz CT molecular complexity index is 974. The SMILES string of the molecule is Cc1cc(C(=O)CSc2nnc(CN3CCCCC3)n2-c2ccccc2)c(C)s1. The van der Waals surface area contributed by atoms with Crippen LogP contribution in [-0.2, 0) is 6.54 Å². The van der Waals surface area contributed by atoms with Crippen molar-refractivity contribution in [3.05, 3.63) is 57.5 Å². The minimum absolute atomic E-state index is 0.150. The van der Waals surface area contributed by atoms with Gasteiger partial charge in [-0.25, -0.2) is 0 Å². The number of thiophene rings is 1. The van der Waals surface area contributed by atoms with Crippen molar-refractivity contribution in [3.63, 3.8) is 0 Å². The van der Waals surface area contributed by atoms with E-state index < -0.39 is 0 Å². The number of para-hydroxylation sites is 1. The van der Waals surface area contributed by atoms with Crippen LogP contribution >= 0.6 is 23.1 Å². The van der Waals surface area contributed by atoms with Crippen LogP contribution in [0.5, 0.6) is 0 Å². The van der Waals surface area contributed by atoms with Gasteiger partial charge in [-0.3, -0.25) is 14.3 Å². The predicted octanol–water partition coefficient (Wildman–Crippen LogP) is 4.91. The number of hydrogen-bond donors (Lipinski definition) is 0. The summed E-state index contributed by atoms with van der Waals surface area (Å²) >= 11 is 3.15. The molecular weight excluding hydrogens is 400 g/mol. The summed E-state index contributed by atoms with van der Waals surface area (Å²) in [6, 6.07) is 12.2. The third-order valence-electron chi connectivity index (χ3n) is 5.20. The first-order chi connectivity index (χ1) is 14.1. The summed E-state index contributed by atoms with van der Waals surface area (Å²) in [5.41, 5.74) is 1.88. The molecule has 1 aliphatic heterocycles. The van der Waals surface area contributed by atoms with Gasteiger partial charge >= 0.3 is 0 Å². The smallest absolute Gasteiger partial charge is 0.196 e. The van der Waals surface area contributed by atoms with Gasteiger partial charge < -0.3 is 0 Å². The lowest BCUT2D eigenvalue weighted by atomic mass is 10.1. The Kier molecular flexibility index (Phi) is 6.47. The van der Waals surface area contributed by atoms with Gasteiger partial charge in [0.05, 0.1) is 12.3 Å². The third-order valence-corrected chi connectivity index (χ3v) is 7.10. The second-order valence-corrected chi connectivity index (χ2v) is 9.85. The molecule has 1 fully saturated rings. The quantitative estimate of drug-likeness (QED) is 0.397. The molecule has 0 N–H and O–H groups in total. The number of aryl methyl sites for hydroxylation is 2. The zero-order chi connectivity index (χ0) is 20.2. The first kappa shape index (κ1) is 20.3. The summed E-state index contributed by atoms with van der Waals surface area (Å²) in [4.78, 5) is 17.5. The Balaban J connectivity index is 1.56. The van der Waals surface area contributed by atoms with Crippen molar-refractivity contribution < 1.29 is 4.79 Å². The highest BCUT2D eigenvalue weighted by atomic mass is 32.2. The van der Waals surface area contributed by atoms with Crippen LogP contribution < -0.4 is 0 Å². The standard InChI is InChI=1S/C22H26N4OS2/c1-16-13-19(17(2)29-16)20(27)15-28-22-24-23-21(14-25-11-7-4-8-12-25)26(22)18-9-5-3-6-10-18/h3,5-6,9-10,13H,4,7-8,11-12,14-15H2,1-2H3. The number of piperidine rings is 1. The molecule has 4 rings (SSSR count). The zero-order valence-electron chi connectivity index (χ0n) is 16.9. The van der Waals surface area contributed by atoms with E-state index >= 15 is 0 Å². The van der Waals surface area contributed by atoms with E-state index in [0.717, 1.165) is 46.7 Å². The highest BCUT2D eigenvalue weighted by Crippen LogP contribution is 2.26. The summed E-state index contributed by atoms with van der Waals surface area (Å²) in [5.74, 6) is 1.46. The van der Waals surface area contributed by atoms with Crippen LogP contribution in [0.1, 0.15) is 45.2 Å². The monoisotopic (exact) mass is 426 g/mol. The van der Waals surface area contributed by atoms with E-state index in [1.165, 1.54) is 35.9 Å². The maximum atomic E-state index is 12.7. The van der Waals surface area contributed by atoms with E-state index in [1.807, 2.05) is 38.1 Å². The molecule has 1 saturated heterocycles. The first-order valence-corrected chi connectivity index (χ1v) is 11.9. The second kappa shape index (κ2) is 9.24. The molecule has 1 aliphatic rings. The van der Waals surface area contributed by atoms with Crippen LogP contribution in [0.4, 0.5) is 0 Å². The number of aromatic nitrogens is 3. The minimum Gasteiger partial charge on any atom is -0.296 e. The molecule has 0 aliphatic carbocycles. The highest BCUT2D eigenvalue weighted by molar-refractivity contribution is 7.99. The Morgan fingerprint density at radius 3 is 2.55 bits per heavy atom. The molecule has 2 aromatic heterocycles. The summed E-state index contributed by atoms with van der Waals surface area (Å²) in [5, 5.41) is 9.73.